The van der Waals surface area contributed by atoms with Gasteiger partial charge >= 0.3 is 0 Å². The number of aromatic nitrogens is 1. The van der Waals surface area contributed by atoms with Gasteiger partial charge in [-0.05, 0) is 30.7 Å². The van der Waals surface area contributed by atoms with Crippen LogP contribution in [0.3, 0.4) is 0 Å². The number of hydrogen-bond acceptors (Lipinski definition) is 4. The van der Waals surface area contributed by atoms with Crippen LogP contribution >= 0.6 is 0 Å². The van der Waals surface area contributed by atoms with Crippen LogP contribution in [0.5, 0.6) is 0 Å². The molecule has 3 rings (SSSR count). The Morgan fingerprint density at radius 1 is 1.45 bits per heavy atom. The number of amides is 2. The second-order valence-electron chi connectivity index (χ2n) is 5.41. The molecule has 0 aliphatic carbocycles. The molecule has 1 N–H and O–H groups in total. The average Bonchev–Trinajstić information content (AvgIpc) is 3.13. The molecular weight excluding hydrogens is 282 g/mol. The van der Waals surface area contributed by atoms with Crippen LogP contribution in [0.2, 0.25) is 0 Å². The quantitative estimate of drug-likeness (QED) is 0.936. The zero-order valence-corrected chi connectivity index (χ0v) is 12.3. The minimum Gasteiger partial charge on any atom is -0.467 e. The summed E-state index contributed by atoms with van der Waals surface area (Å²) in [5, 5.41) is 2.80. The molecule has 1 aliphatic heterocycles. The van der Waals surface area contributed by atoms with Gasteiger partial charge in [0.15, 0.2) is 0 Å². The third-order valence-corrected chi connectivity index (χ3v) is 3.76. The first-order valence-electron chi connectivity index (χ1n) is 7.16. The maximum absolute atomic E-state index is 12.3. The molecule has 22 heavy (non-hydrogen) atoms. The number of anilines is 1. The van der Waals surface area contributed by atoms with Crippen molar-refractivity contribution < 1.29 is 14.0 Å². The lowest BCUT2D eigenvalue weighted by atomic mass is 10.1. The van der Waals surface area contributed by atoms with Crippen molar-refractivity contribution in [1.82, 2.24) is 9.88 Å². The highest BCUT2D eigenvalue weighted by Gasteiger charge is 2.34. The number of nitrogens with zero attached hydrogens (tertiary/aromatic N) is 2. The van der Waals surface area contributed by atoms with Crippen LogP contribution in [0.1, 0.15) is 17.7 Å². The van der Waals surface area contributed by atoms with Crippen LogP contribution in [0.15, 0.2) is 41.1 Å². The molecule has 1 aliphatic rings. The van der Waals surface area contributed by atoms with Crippen molar-refractivity contribution in [1.29, 1.82) is 0 Å². The third-order valence-electron chi connectivity index (χ3n) is 3.76. The number of likely N-dealkylation sites (tertiary alicyclic amines) is 1. The maximum atomic E-state index is 12.3. The molecule has 1 saturated heterocycles. The van der Waals surface area contributed by atoms with Gasteiger partial charge in [0.05, 0.1) is 18.7 Å². The Kier molecular flexibility index (Phi) is 3.91. The van der Waals surface area contributed by atoms with E-state index in [1.165, 1.54) is 0 Å². The Hall–Kier alpha value is -2.63. The van der Waals surface area contributed by atoms with Gasteiger partial charge in [-0.15, -0.1) is 0 Å². The van der Waals surface area contributed by atoms with Gasteiger partial charge in [-0.2, -0.15) is 0 Å². The van der Waals surface area contributed by atoms with E-state index in [-0.39, 0.29) is 24.2 Å². The summed E-state index contributed by atoms with van der Waals surface area (Å²) >= 11 is 0. The molecular formula is C16H17N3O3. The molecule has 0 saturated carbocycles. The van der Waals surface area contributed by atoms with Crippen LogP contribution in [0.4, 0.5) is 5.82 Å². The zero-order chi connectivity index (χ0) is 15.5. The Balaban J connectivity index is 1.62. The lowest BCUT2D eigenvalue weighted by molar-refractivity contribution is -0.128. The molecule has 0 spiro atoms. The fraction of sp³-hybridized carbons (Fsp3) is 0.312. The van der Waals surface area contributed by atoms with Gasteiger partial charge < -0.3 is 14.6 Å². The minimum absolute atomic E-state index is 0.0331. The lowest BCUT2D eigenvalue weighted by Gasteiger charge is -2.15. The Morgan fingerprint density at radius 2 is 2.32 bits per heavy atom. The standard InChI is InChI=1S/C16H17N3O3/c1-11-4-2-6-17-15(11)18-16(21)12-8-14(20)19(9-12)10-13-5-3-7-22-13/h2-7,12H,8-10H2,1H3,(H,17,18,21)/t12-/m1/s1. The molecule has 2 aromatic heterocycles. The van der Waals surface area contributed by atoms with Gasteiger partial charge in [0.2, 0.25) is 11.8 Å². The van der Waals surface area contributed by atoms with E-state index >= 15 is 0 Å². The summed E-state index contributed by atoms with van der Waals surface area (Å²) in [6, 6.07) is 7.29. The van der Waals surface area contributed by atoms with Crippen LogP contribution in [0.25, 0.3) is 0 Å². The second kappa shape index (κ2) is 6.01. The normalized spacial score (nSPS) is 17.8. The molecule has 1 fully saturated rings. The van der Waals surface area contributed by atoms with Crippen LogP contribution in [-0.2, 0) is 16.1 Å². The topological polar surface area (TPSA) is 75.4 Å². The maximum Gasteiger partial charge on any atom is 0.230 e. The van der Waals surface area contributed by atoms with E-state index in [2.05, 4.69) is 10.3 Å². The summed E-state index contributed by atoms with van der Waals surface area (Å²) in [4.78, 5) is 30.1. The lowest BCUT2D eigenvalue weighted by Crippen LogP contribution is -2.28. The second-order valence-corrected chi connectivity index (χ2v) is 5.41. The molecule has 6 nitrogen and oxygen atoms in total. The smallest absolute Gasteiger partial charge is 0.230 e. The number of rotatable bonds is 4. The summed E-state index contributed by atoms with van der Waals surface area (Å²) in [7, 11) is 0. The zero-order valence-electron chi connectivity index (χ0n) is 12.3. The van der Waals surface area contributed by atoms with E-state index in [0.717, 1.165) is 11.3 Å². The number of nitrogens with one attached hydrogen (secondary N) is 1. The Morgan fingerprint density at radius 3 is 3.05 bits per heavy atom. The SMILES string of the molecule is Cc1cccnc1NC(=O)[C@@H]1CC(=O)N(Cc2ccco2)C1. The Labute approximate surface area is 128 Å². The van der Waals surface area contributed by atoms with E-state index in [4.69, 9.17) is 4.42 Å². The molecule has 6 heteroatoms. The van der Waals surface area contributed by atoms with Crippen molar-refractivity contribution >= 4 is 17.6 Å². The summed E-state index contributed by atoms with van der Waals surface area (Å²) in [5.74, 6) is 0.703. The summed E-state index contributed by atoms with van der Waals surface area (Å²) in [5.41, 5.74) is 0.896. The fourth-order valence-electron chi connectivity index (χ4n) is 2.53. The first-order chi connectivity index (χ1) is 10.6. The van der Waals surface area contributed by atoms with Gasteiger partial charge in [0.1, 0.15) is 11.6 Å². The van der Waals surface area contributed by atoms with Crippen molar-refractivity contribution in [2.75, 3.05) is 11.9 Å². The largest absolute Gasteiger partial charge is 0.467 e. The van der Waals surface area contributed by atoms with E-state index in [0.29, 0.717) is 18.9 Å². The molecule has 0 unspecified atom stereocenters. The first kappa shape index (κ1) is 14.3. The highest BCUT2D eigenvalue weighted by atomic mass is 16.3. The van der Waals surface area contributed by atoms with E-state index < -0.39 is 0 Å². The fourth-order valence-corrected chi connectivity index (χ4v) is 2.53. The number of furan rings is 1. The predicted octanol–water partition coefficient (Wildman–Crippen LogP) is 1.97. The Bertz CT molecular complexity index is 682. The van der Waals surface area contributed by atoms with E-state index in [1.807, 2.05) is 25.1 Å². The van der Waals surface area contributed by atoms with E-state index in [1.54, 1.807) is 23.4 Å². The van der Waals surface area contributed by atoms with E-state index in [9.17, 15) is 9.59 Å². The molecule has 0 bridgehead atoms. The highest BCUT2D eigenvalue weighted by molar-refractivity contribution is 5.96. The molecule has 0 radical (unpaired) electrons. The van der Waals surface area contributed by atoms with Gasteiger partial charge in [-0.1, -0.05) is 6.07 Å². The minimum atomic E-state index is -0.358. The number of hydrogen-bond donors (Lipinski definition) is 1. The number of aryl methyl sites for hydroxylation is 1. The third kappa shape index (κ3) is 3.00. The molecule has 2 amide bonds. The molecule has 114 valence electrons. The molecule has 3 heterocycles. The molecule has 2 aromatic rings. The van der Waals surface area contributed by atoms with Gasteiger partial charge in [0, 0.05) is 19.2 Å². The van der Waals surface area contributed by atoms with Gasteiger partial charge in [-0.25, -0.2) is 4.98 Å². The van der Waals surface area contributed by atoms with Crippen molar-refractivity contribution in [2.45, 2.75) is 19.9 Å². The molecule has 0 aromatic carbocycles. The van der Waals surface area contributed by atoms with Crippen molar-refractivity contribution in [3.63, 3.8) is 0 Å². The van der Waals surface area contributed by atoms with Crippen molar-refractivity contribution in [2.24, 2.45) is 5.92 Å². The summed E-state index contributed by atoms with van der Waals surface area (Å²) in [6.45, 7) is 2.68. The number of carbonyl (C=O) groups excluding carboxylic acids is 2. The average molecular weight is 299 g/mol. The van der Waals surface area contributed by atoms with Gasteiger partial charge in [0.25, 0.3) is 0 Å². The molecule has 1 atom stereocenters. The van der Waals surface area contributed by atoms with Crippen LogP contribution in [-0.4, -0.2) is 28.2 Å². The van der Waals surface area contributed by atoms with Crippen molar-refractivity contribution in [3.8, 4) is 0 Å². The summed E-state index contributed by atoms with van der Waals surface area (Å²) in [6.07, 6.45) is 3.42. The van der Waals surface area contributed by atoms with Crippen LogP contribution < -0.4 is 5.32 Å². The highest BCUT2D eigenvalue weighted by Crippen LogP contribution is 2.22. The predicted molar refractivity (Wildman–Crippen MR) is 79.8 cm³/mol. The van der Waals surface area contributed by atoms with Crippen LogP contribution in [0, 0.1) is 12.8 Å². The number of pyridine rings is 1. The summed E-state index contributed by atoms with van der Waals surface area (Å²) < 4.78 is 5.25. The first-order valence-corrected chi connectivity index (χ1v) is 7.16. The number of carbonyl (C=O) groups is 2. The van der Waals surface area contributed by atoms with Crippen molar-refractivity contribution in [3.05, 3.63) is 48.0 Å². The monoisotopic (exact) mass is 299 g/mol. The van der Waals surface area contributed by atoms with Gasteiger partial charge in [-0.3, -0.25) is 9.59 Å².